The molecule has 0 spiro atoms. The molecule has 21 heavy (non-hydrogen) atoms. The fourth-order valence-electron chi connectivity index (χ4n) is 2.15. The molecule has 0 aliphatic heterocycles. The topological polar surface area (TPSA) is 72.5 Å². The summed E-state index contributed by atoms with van der Waals surface area (Å²) in [5, 5.41) is 2.75. The molecule has 1 N–H and O–H groups in total. The SMILES string of the molecule is CCOC(=O)c1sc2c(c1NC(=O)CC)CC[C@H](Br)C2=O. The van der Waals surface area contributed by atoms with Crippen molar-refractivity contribution in [2.75, 3.05) is 11.9 Å². The highest BCUT2D eigenvalue weighted by atomic mass is 79.9. The largest absolute Gasteiger partial charge is 0.462 e. The normalized spacial score (nSPS) is 17.3. The average molecular weight is 374 g/mol. The number of hydrogen-bond acceptors (Lipinski definition) is 5. The third-order valence-corrected chi connectivity index (χ3v) is 5.31. The van der Waals surface area contributed by atoms with Crippen molar-refractivity contribution in [2.45, 2.75) is 37.9 Å². The lowest BCUT2D eigenvalue weighted by atomic mass is 9.96. The van der Waals surface area contributed by atoms with Gasteiger partial charge in [-0.3, -0.25) is 9.59 Å². The van der Waals surface area contributed by atoms with Crippen molar-refractivity contribution in [3.05, 3.63) is 15.3 Å². The Morgan fingerprint density at radius 2 is 2.14 bits per heavy atom. The lowest BCUT2D eigenvalue weighted by Crippen LogP contribution is -2.21. The summed E-state index contributed by atoms with van der Waals surface area (Å²) in [6.45, 7) is 3.70. The van der Waals surface area contributed by atoms with E-state index in [4.69, 9.17) is 4.74 Å². The molecule has 2 rings (SSSR count). The Bertz CT molecular complexity index is 596. The first-order valence-electron chi connectivity index (χ1n) is 6.80. The maximum Gasteiger partial charge on any atom is 0.350 e. The Kier molecular flexibility index (Phi) is 5.16. The monoisotopic (exact) mass is 373 g/mol. The average Bonchev–Trinajstić information content (AvgIpc) is 2.82. The van der Waals surface area contributed by atoms with Gasteiger partial charge in [-0.15, -0.1) is 11.3 Å². The van der Waals surface area contributed by atoms with Crippen LogP contribution in [0.1, 0.15) is 51.6 Å². The maximum atomic E-state index is 12.2. The van der Waals surface area contributed by atoms with Gasteiger partial charge in [-0.1, -0.05) is 22.9 Å². The van der Waals surface area contributed by atoms with E-state index in [0.717, 1.165) is 16.9 Å². The third kappa shape index (κ3) is 3.18. The highest BCUT2D eigenvalue weighted by Gasteiger charge is 2.33. The first-order valence-corrected chi connectivity index (χ1v) is 8.53. The quantitative estimate of drug-likeness (QED) is 0.649. The predicted octanol–water partition coefficient (Wildman–Crippen LogP) is 3.17. The molecule has 1 aliphatic carbocycles. The molecular weight excluding hydrogens is 358 g/mol. The molecule has 5 nitrogen and oxygen atoms in total. The van der Waals surface area contributed by atoms with Crippen LogP contribution >= 0.6 is 27.3 Å². The first-order chi connectivity index (χ1) is 9.99. The Morgan fingerprint density at radius 1 is 1.43 bits per heavy atom. The second-order valence-corrected chi connectivity index (χ2v) is 6.73. The summed E-state index contributed by atoms with van der Waals surface area (Å²) in [6, 6.07) is 0. The van der Waals surface area contributed by atoms with E-state index in [2.05, 4.69) is 21.2 Å². The first kappa shape index (κ1) is 16.2. The van der Waals surface area contributed by atoms with Crippen LogP contribution in [0.15, 0.2) is 0 Å². The van der Waals surface area contributed by atoms with E-state index in [1.54, 1.807) is 13.8 Å². The lowest BCUT2D eigenvalue weighted by Gasteiger charge is -2.16. The van der Waals surface area contributed by atoms with Crippen molar-refractivity contribution in [1.29, 1.82) is 0 Å². The number of halogens is 1. The van der Waals surface area contributed by atoms with E-state index in [9.17, 15) is 14.4 Å². The van der Waals surface area contributed by atoms with Crippen molar-refractivity contribution < 1.29 is 19.1 Å². The Hall–Kier alpha value is -1.21. The fourth-order valence-corrected chi connectivity index (χ4v) is 3.95. The van der Waals surface area contributed by atoms with Gasteiger partial charge in [-0.05, 0) is 25.3 Å². The number of amides is 1. The molecule has 0 bridgehead atoms. The molecular formula is C14H16BrNO4S. The van der Waals surface area contributed by atoms with Crippen molar-refractivity contribution in [3.63, 3.8) is 0 Å². The Morgan fingerprint density at radius 3 is 2.76 bits per heavy atom. The second kappa shape index (κ2) is 6.70. The summed E-state index contributed by atoms with van der Waals surface area (Å²) in [7, 11) is 0. The fraction of sp³-hybridized carbons (Fsp3) is 0.500. The van der Waals surface area contributed by atoms with Gasteiger partial charge in [0.25, 0.3) is 0 Å². The Labute approximate surface area is 135 Å². The lowest BCUT2D eigenvalue weighted by molar-refractivity contribution is -0.115. The van der Waals surface area contributed by atoms with E-state index in [0.29, 0.717) is 34.7 Å². The number of thiophene rings is 1. The molecule has 1 atom stereocenters. The van der Waals surface area contributed by atoms with Crippen LogP contribution in [0, 0.1) is 0 Å². The van der Waals surface area contributed by atoms with E-state index in [1.165, 1.54) is 0 Å². The van der Waals surface area contributed by atoms with Gasteiger partial charge in [0.15, 0.2) is 5.78 Å². The molecule has 0 unspecified atom stereocenters. The number of nitrogens with one attached hydrogen (secondary N) is 1. The number of carbonyl (C=O) groups excluding carboxylic acids is 3. The molecule has 0 saturated carbocycles. The van der Waals surface area contributed by atoms with E-state index >= 15 is 0 Å². The highest BCUT2D eigenvalue weighted by molar-refractivity contribution is 9.10. The van der Waals surface area contributed by atoms with E-state index in [1.807, 2.05) is 0 Å². The third-order valence-electron chi connectivity index (χ3n) is 3.21. The van der Waals surface area contributed by atoms with Crippen molar-refractivity contribution >= 4 is 50.6 Å². The number of ketones is 1. The standard InChI is InChI=1S/C14H16BrNO4S/c1-3-9(17)16-10-7-5-6-8(15)11(18)12(7)21-13(10)14(19)20-4-2/h8H,3-6H2,1-2H3,(H,16,17)/t8-/m0/s1. The summed E-state index contributed by atoms with van der Waals surface area (Å²) in [4.78, 5) is 36.6. The van der Waals surface area contributed by atoms with Crippen LogP contribution in [-0.4, -0.2) is 29.1 Å². The van der Waals surface area contributed by atoms with Gasteiger partial charge in [0.05, 0.1) is 22.0 Å². The summed E-state index contributed by atoms with van der Waals surface area (Å²) >= 11 is 4.45. The van der Waals surface area contributed by atoms with Crippen LogP contribution in [0.2, 0.25) is 0 Å². The van der Waals surface area contributed by atoms with Crippen LogP contribution in [0.5, 0.6) is 0 Å². The minimum Gasteiger partial charge on any atom is -0.462 e. The number of esters is 1. The molecule has 7 heteroatoms. The summed E-state index contributed by atoms with van der Waals surface area (Å²) in [5.74, 6) is -0.722. The van der Waals surface area contributed by atoms with Gasteiger partial charge in [0.1, 0.15) is 4.88 Å². The number of ether oxygens (including phenoxy) is 1. The van der Waals surface area contributed by atoms with E-state index < -0.39 is 5.97 Å². The highest BCUT2D eigenvalue weighted by Crippen LogP contribution is 2.40. The minimum absolute atomic E-state index is 0.0382. The summed E-state index contributed by atoms with van der Waals surface area (Å²) in [5.41, 5.74) is 1.21. The molecule has 0 fully saturated rings. The van der Waals surface area contributed by atoms with Gasteiger partial charge < -0.3 is 10.1 Å². The molecule has 0 aromatic carbocycles. The van der Waals surface area contributed by atoms with Gasteiger partial charge in [0, 0.05) is 6.42 Å². The van der Waals surface area contributed by atoms with Crippen LogP contribution in [-0.2, 0) is 16.0 Å². The number of alkyl halides is 1. The molecule has 1 aliphatic rings. The number of rotatable bonds is 4. The zero-order chi connectivity index (χ0) is 15.6. The molecule has 1 heterocycles. The molecule has 1 aromatic heterocycles. The number of hydrogen-bond donors (Lipinski definition) is 1. The van der Waals surface area contributed by atoms with Gasteiger partial charge >= 0.3 is 5.97 Å². The molecule has 0 saturated heterocycles. The number of Topliss-reactive ketones (excluding diaryl/α,β-unsaturated/α-hetero) is 1. The van der Waals surface area contributed by atoms with Crippen LogP contribution < -0.4 is 5.32 Å². The van der Waals surface area contributed by atoms with Crippen molar-refractivity contribution in [1.82, 2.24) is 0 Å². The number of carbonyl (C=O) groups is 3. The zero-order valence-electron chi connectivity index (χ0n) is 11.8. The number of anilines is 1. The molecule has 114 valence electrons. The summed E-state index contributed by atoms with van der Waals surface area (Å²) < 4.78 is 5.02. The van der Waals surface area contributed by atoms with E-state index in [-0.39, 0.29) is 23.1 Å². The van der Waals surface area contributed by atoms with Crippen molar-refractivity contribution in [3.8, 4) is 0 Å². The van der Waals surface area contributed by atoms with Crippen LogP contribution in [0.25, 0.3) is 0 Å². The molecule has 1 amide bonds. The van der Waals surface area contributed by atoms with Gasteiger partial charge in [-0.2, -0.15) is 0 Å². The maximum absolute atomic E-state index is 12.2. The molecule has 0 radical (unpaired) electrons. The second-order valence-electron chi connectivity index (χ2n) is 4.61. The predicted molar refractivity (Wildman–Crippen MR) is 84.6 cm³/mol. The number of fused-ring (bicyclic) bond motifs is 1. The Balaban J connectivity index is 2.48. The van der Waals surface area contributed by atoms with Crippen molar-refractivity contribution in [2.24, 2.45) is 0 Å². The van der Waals surface area contributed by atoms with Gasteiger partial charge in [-0.25, -0.2) is 4.79 Å². The molecule has 1 aromatic rings. The smallest absolute Gasteiger partial charge is 0.350 e. The van der Waals surface area contributed by atoms with Crippen LogP contribution in [0.3, 0.4) is 0 Å². The van der Waals surface area contributed by atoms with Gasteiger partial charge in [0.2, 0.25) is 5.91 Å². The summed E-state index contributed by atoms with van der Waals surface area (Å²) in [6.07, 6.45) is 1.61. The minimum atomic E-state index is -0.498. The zero-order valence-corrected chi connectivity index (χ0v) is 14.2. The van der Waals surface area contributed by atoms with Crippen LogP contribution in [0.4, 0.5) is 5.69 Å².